The molecular weight excluding hydrogens is 392 g/mol. The summed E-state index contributed by atoms with van der Waals surface area (Å²) in [6.45, 7) is 10.6. The molecule has 6 heteroatoms. The summed E-state index contributed by atoms with van der Waals surface area (Å²) in [6, 6.07) is 13.1. The summed E-state index contributed by atoms with van der Waals surface area (Å²) in [6.07, 6.45) is 2.36. The summed E-state index contributed by atoms with van der Waals surface area (Å²) < 4.78 is 4.51. The maximum atomic E-state index is 13.1. The molecule has 0 radical (unpaired) electrons. The first-order chi connectivity index (χ1) is 14.4. The van der Waals surface area contributed by atoms with Gasteiger partial charge >= 0.3 is 0 Å². The third-order valence-electron chi connectivity index (χ3n) is 5.91. The van der Waals surface area contributed by atoms with Gasteiger partial charge in [0.15, 0.2) is 10.9 Å². The van der Waals surface area contributed by atoms with Crippen LogP contribution in [0.1, 0.15) is 84.7 Å². The summed E-state index contributed by atoms with van der Waals surface area (Å²) in [5, 5.41) is 9.67. The molecule has 1 aliphatic carbocycles. The molecule has 3 aromatic rings. The van der Waals surface area contributed by atoms with E-state index in [1.54, 1.807) is 0 Å². The third kappa shape index (κ3) is 3.97. The van der Waals surface area contributed by atoms with Crippen LogP contribution in [0.2, 0.25) is 0 Å². The average molecular weight is 423 g/mol. The number of rotatable bonds is 8. The number of Topliss-reactive ketones (excluding diaryl/α,β-unsaturated/α-hetero) is 1. The Labute approximate surface area is 182 Å². The van der Waals surface area contributed by atoms with E-state index in [4.69, 9.17) is 0 Å². The molecule has 1 aliphatic rings. The SMILES string of the molecule is Cc1cc(C(=O)CSc2nnc(C(C)C)n2C2CC2)c(C)n1C(C)c1ccccc1. The van der Waals surface area contributed by atoms with Gasteiger partial charge in [-0.3, -0.25) is 4.79 Å². The van der Waals surface area contributed by atoms with Gasteiger partial charge in [0, 0.05) is 28.9 Å². The Morgan fingerprint density at radius 2 is 1.83 bits per heavy atom. The van der Waals surface area contributed by atoms with Gasteiger partial charge in [-0.2, -0.15) is 0 Å². The Kier molecular flexibility index (Phi) is 5.87. The van der Waals surface area contributed by atoms with Crippen LogP contribution in [0.5, 0.6) is 0 Å². The Morgan fingerprint density at radius 3 is 2.47 bits per heavy atom. The summed E-state index contributed by atoms with van der Waals surface area (Å²) in [5.41, 5.74) is 4.19. The van der Waals surface area contributed by atoms with Crippen molar-refractivity contribution in [1.82, 2.24) is 19.3 Å². The minimum atomic E-state index is 0.149. The number of nitrogens with zero attached hydrogens (tertiary/aromatic N) is 4. The van der Waals surface area contributed by atoms with Crippen molar-refractivity contribution in [2.75, 3.05) is 5.75 Å². The number of hydrogen-bond donors (Lipinski definition) is 0. The van der Waals surface area contributed by atoms with Gasteiger partial charge in [0.2, 0.25) is 0 Å². The molecule has 0 N–H and O–H groups in total. The maximum absolute atomic E-state index is 13.1. The van der Waals surface area contributed by atoms with E-state index in [0.717, 1.165) is 27.9 Å². The first-order valence-corrected chi connectivity index (χ1v) is 11.7. The van der Waals surface area contributed by atoms with E-state index in [0.29, 0.717) is 17.7 Å². The van der Waals surface area contributed by atoms with Crippen LogP contribution in [0.3, 0.4) is 0 Å². The number of thioether (sulfide) groups is 1. The standard InChI is InChI=1S/C24H30N4OS/c1-15(2)23-25-26-24(28(23)20-11-12-20)30-14-22(29)21-13-16(3)27(18(21)5)17(4)19-9-7-6-8-10-19/h6-10,13,15,17,20H,11-12,14H2,1-5H3. The quantitative estimate of drug-likeness (QED) is 0.343. The predicted octanol–water partition coefficient (Wildman–Crippen LogP) is 5.74. The Hall–Kier alpha value is -2.34. The molecule has 1 unspecified atom stereocenters. The first-order valence-electron chi connectivity index (χ1n) is 10.7. The van der Waals surface area contributed by atoms with E-state index < -0.39 is 0 Å². The molecule has 2 aromatic heterocycles. The highest BCUT2D eigenvalue weighted by Crippen LogP contribution is 2.40. The number of carbonyl (C=O) groups excluding carboxylic acids is 1. The van der Waals surface area contributed by atoms with Gasteiger partial charge in [-0.15, -0.1) is 10.2 Å². The number of aromatic nitrogens is 4. The Bertz CT molecular complexity index is 1050. The van der Waals surface area contributed by atoms with Crippen LogP contribution in [0.25, 0.3) is 0 Å². The molecule has 0 spiro atoms. The summed E-state index contributed by atoms with van der Waals surface area (Å²) in [7, 11) is 0. The molecule has 0 saturated heterocycles. The van der Waals surface area contributed by atoms with Crippen LogP contribution in [0.4, 0.5) is 0 Å². The predicted molar refractivity (Wildman–Crippen MR) is 122 cm³/mol. The summed E-state index contributed by atoms with van der Waals surface area (Å²) >= 11 is 1.52. The highest BCUT2D eigenvalue weighted by molar-refractivity contribution is 7.99. The molecule has 1 aromatic carbocycles. The van der Waals surface area contributed by atoms with Crippen LogP contribution in [0.15, 0.2) is 41.6 Å². The van der Waals surface area contributed by atoms with Crippen LogP contribution in [-0.2, 0) is 0 Å². The van der Waals surface area contributed by atoms with Crippen molar-refractivity contribution in [3.05, 3.63) is 64.7 Å². The first kappa shape index (κ1) is 20.9. The van der Waals surface area contributed by atoms with E-state index in [-0.39, 0.29) is 11.8 Å². The van der Waals surface area contributed by atoms with Crippen LogP contribution in [0, 0.1) is 13.8 Å². The number of benzene rings is 1. The van der Waals surface area contributed by atoms with Gasteiger partial charge in [0.1, 0.15) is 5.82 Å². The van der Waals surface area contributed by atoms with Gasteiger partial charge in [0.25, 0.3) is 0 Å². The van der Waals surface area contributed by atoms with Crippen molar-refractivity contribution in [2.24, 2.45) is 0 Å². The second-order valence-electron chi connectivity index (χ2n) is 8.55. The molecule has 1 saturated carbocycles. The lowest BCUT2D eigenvalue weighted by atomic mass is 10.1. The zero-order valence-electron chi connectivity index (χ0n) is 18.4. The molecule has 4 rings (SSSR count). The fourth-order valence-electron chi connectivity index (χ4n) is 4.20. The van der Waals surface area contributed by atoms with Crippen molar-refractivity contribution < 1.29 is 4.79 Å². The molecule has 1 fully saturated rings. The zero-order chi connectivity index (χ0) is 21.4. The number of carbonyl (C=O) groups is 1. The molecule has 5 nitrogen and oxygen atoms in total. The number of ketones is 1. The molecule has 158 valence electrons. The normalized spacial score (nSPS) is 15.0. The van der Waals surface area contributed by atoms with Crippen molar-refractivity contribution in [1.29, 1.82) is 0 Å². The minimum Gasteiger partial charge on any atom is -0.341 e. The van der Waals surface area contributed by atoms with E-state index in [2.05, 4.69) is 71.3 Å². The van der Waals surface area contributed by atoms with E-state index in [9.17, 15) is 4.79 Å². The smallest absolute Gasteiger partial charge is 0.191 e. The highest BCUT2D eigenvalue weighted by atomic mass is 32.2. The highest BCUT2D eigenvalue weighted by Gasteiger charge is 2.31. The average Bonchev–Trinajstić information content (AvgIpc) is 3.41. The lowest BCUT2D eigenvalue weighted by molar-refractivity contribution is 0.102. The van der Waals surface area contributed by atoms with Crippen molar-refractivity contribution in [2.45, 2.75) is 70.6 Å². The second-order valence-corrected chi connectivity index (χ2v) is 9.49. The fraction of sp³-hybridized carbons (Fsp3) is 0.458. The van der Waals surface area contributed by atoms with E-state index >= 15 is 0 Å². The molecule has 1 atom stereocenters. The number of hydrogen-bond acceptors (Lipinski definition) is 4. The van der Waals surface area contributed by atoms with E-state index in [1.807, 2.05) is 19.1 Å². The topological polar surface area (TPSA) is 52.7 Å². The molecule has 0 bridgehead atoms. The summed E-state index contributed by atoms with van der Waals surface area (Å²) in [5.74, 6) is 1.90. The zero-order valence-corrected chi connectivity index (χ0v) is 19.2. The molecule has 0 aliphatic heterocycles. The van der Waals surface area contributed by atoms with Gasteiger partial charge < -0.3 is 9.13 Å². The van der Waals surface area contributed by atoms with Gasteiger partial charge in [-0.05, 0) is 45.2 Å². The van der Waals surface area contributed by atoms with Gasteiger partial charge in [-0.25, -0.2) is 0 Å². The van der Waals surface area contributed by atoms with Crippen molar-refractivity contribution in [3.63, 3.8) is 0 Å². The largest absolute Gasteiger partial charge is 0.341 e. The minimum absolute atomic E-state index is 0.149. The maximum Gasteiger partial charge on any atom is 0.191 e. The molecule has 2 heterocycles. The Balaban J connectivity index is 1.53. The van der Waals surface area contributed by atoms with E-state index in [1.165, 1.54) is 30.2 Å². The van der Waals surface area contributed by atoms with Crippen LogP contribution >= 0.6 is 11.8 Å². The third-order valence-corrected chi connectivity index (χ3v) is 6.85. The fourth-order valence-corrected chi connectivity index (χ4v) is 5.10. The Morgan fingerprint density at radius 1 is 1.13 bits per heavy atom. The summed E-state index contributed by atoms with van der Waals surface area (Å²) in [4.78, 5) is 13.1. The van der Waals surface area contributed by atoms with Crippen molar-refractivity contribution >= 4 is 17.5 Å². The molecule has 0 amide bonds. The lowest BCUT2D eigenvalue weighted by Gasteiger charge is -2.19. The van der Waals surface area contributed by atoms with Gasteiger partial charge in [0.05, 0.1) is 11.8 Å². The molecule has 30 heavy (non-hydrogen) atoms. The van der Waals surface area contributed by atoms with Crippen LogP contribution in [-0.4, -0.2) is 30.9 Å². The van der Waals surface area contributed by atoms with Gasteiger partial charge in [-0.1, -0.05) is 55.9 Å². The van der Waals surface area contributed by atoms with Crippen LogP contribution < -0.4 is 0 Å². The second kappa shape index (κ2) is 8.42. The number of aryl methyl sites for hydroxylation is 1. The lowest BCUT2D eigenvalue weighted by Crippen LogP contribution is -2.12. The monoisotopic (exact) mass is 422 g/mol. The van der Waals surface area contributed by atoms with Crippen molar-refractivity contribution in [3.8, 4) is 0 Å². The molecular formula is C24H30N4OS.